The first-order valence-corrected chi connectivity index (χ1v) is 8.56. The quantitative estimate of drug-likeness (QED) is 0.369. The van der Waals surface area contributed by atoms with Gasteiger partial charge in [0.25, 0.3) is 0 Å². The summed E-state index contributed by atoms with van der Waals surface area (Å²) >= 11 is 3.37. The normalized spacial score (nSPS) is 11.4. The lowest BCUT2D eigenvalue weighted by Crippen LogP contribution is -2.03. The minimum absolute atomic E-state index is 0.0249. The number of nitrogens with one attached hydrogen (secondary N) is 1. The Morgan fingerprint density at radius 3 is 2.77 bits per heavy atom. The number of hydrogen-bond acceptors (Lipinski definition) is 4. The molecule has 0 spiro atoms. The number of halogens is 1. The third kappa shape index (κ3) is 3.09. The minimum Gasteiger partial charge on any atom is -0.504 e. The van der Waals surface area contributed by atoms with Crippen molar-refractivity contribution in [2.45, 2.75) is 6.92 Å². The Morgan fingerprint density at radius 1 is 1.35 bits per heavy atom. The van der Waals surface area contributed by atoms with Gasteiger partial charge in [-0.2, -0.15) is 5.26 Å². The second kappa shape index (κ2) is 7.06. The lowest BCUT2D eigenvalue weighted by atomic mass is 9.99. The number of aromatic hydroxyl groups is 1. The van der Waals surface area contributed by atoms with E-state index >= 15 is 0 Å². The summed E-state index contributed by atoms with van der Waals surface area (Å²) in [6, 6.07) is 12.4. The van der Waals surface area contributed by atoms with Crippen LogP contribution in [0, 0.1) is 18.3 Å². The predicted octanol–water partition coefficient (Wildman–Crippen LogP) is 4.74. The van der Waals surface area contributed by atoms with Crippen LogP contribution in [-0.2, 0) is 0 Å². The molecule has 0 bridgehead atoms. The van der Waals surface area contributed by atoms with Crippen molar-refractivity contribution in [3.05, 3.63) is 63.3 Å². The van der Waals surface area contributed by atoms with Crippen molar-refractivity contribution < 1.29 is 14.6 Å². The Hall–Kier alpha value is -3.04. The van der Waals surface area contributed by atoms with E-state index < -0.39 is 0 Å². The van der Waals surface area contributed by atoms with Crippen LogP contribution < -0.4 is 4.74 Å². The number of aryl methyl sites for hydroxylation is 1. The highest BCUT2D eigenvalue weighted by atomic mass is 79.9. The molecule has 0 fully saturated rings. The number of hydrogen-bond donors (Lipinski definition) is 2. The summed E-state index contributed by atoms with van der Waals surface area (Å²) in [5.41, 5.74) is 2.50. The van der Waals surface area contributed by atoms with Crippen molar-refractivity contribution in [2.24, 2.45) is 0 Å². The molecule has 1 aromatic heterocycles. The summed E-state index contributed by atoms with van der Waals surface area (Å²) in [6.07, 6.45) is 1.45. The van der Waals surface area contributed by atoms with Gasteiger partial charge in [0, 0.05) is 21.1 Å². The fourth-order valence-corrected chi connectivity index (χ4v) is 3.28. The van der Waals surface area contributed by atoms with Gasteiger partial charge in [-0.1, -0.05) is 34.1 Å². The van der Waals surface area contributed by atoms with Crippen molar-refractivity contribution >= 4 is 38.7 Å². The number of carbonyl (C=O) groups excluding carboxylic acids is 1. The highest BCUT2D eigenvalue weighted by Crippen LogP contribution is 2.34. The van der Waals surface area contributed by atoms with Crippen molar-refractivity contribution in [1.82, 2.24) is 4.98 Å². The SMILES string of the molecule is COc1cc(Br)c(C=C(C#N)C(=O)c2c(C)[nH]c3ccccc23)cc1O. The summed E-state index contributed by atoms with van der Waals surface area (Å²) < 4.78 is 5.65. The van der Waals surface area contributed by atoms with Gasteiger partial charge in [-0.15, -0.1) is 0 Å². The Labute approximate surface area is 158 Å². The number of para-hydroxylation sites is 1. The molecule has 3 rings (SSSR count). The maximum Gasteiger partial charge on any atom is 0.205 e. The van der Waals surface area contributed by atoms with Crippen molar-refractivity contribution in [1.29, 1.82) is 5.26 Å². The third-order valence-electron chi connectivity index (χ3n) is 4.08. The molecule has 0 atom stereocenters. The monoisotopic (exact) mass is 410 g/mol. The molecule has 0 aliphatic rings. The number of Topliss-reactive ketones (excluding diaryl/α,β-unsaturated/α-hetero) is 1. The molecule has 0 radical (unpaired) electrons. The molecule has 0 aliphatic carbocycles. The highest BCUT2D eigenvalue weighted by Gasteiger charge is 2.20. The number of aromatic nitrogens is 1. The number of nitriles is 1. The van der Waals surface area contributed by atoms with Crippen LogP contribution in [0.2, 0.25) is 0 Å². The van der Waals surface area contributed by atoms with E-state index in [2.05, 4.69) is 20.9 Å². The molecule has 1 heterocycles. The van der Waals surface area contributed by atoms with E-state index in [4.69, 9.17) is 4.74 Å². The van der Waals surface area contributed by atoms with Crippen LogP contribution in [-0.4, -0.2) is 23.0 Å². The molecule has 6 heteroatoms. The van der Waals surface area contributed by atoms with E-state index in [-0.39, 0.29) is 17.1 Å². The van der Waals surface area contributed by atoms with Gasteiger partial charge < -0.3 is 14.8 Å². The molecular weight excluding hydrogens is 396 g/mol. The summed E-state index contributed by atoms with van der Waals surface area (Å²) in [6.45, 7) is 1.80. The topological polar surface area (TPSA) is 86.1 Å². The largest absolute Gasteiger partial charge is 0.504 e. The second-order valence-electron chi connectivity index (χ2n) is 5.72. The number of phenolic OH excluding ortho intramolecular Hbond substituents is 1. The van der Waals surface area contributed by atoms with Crippen LogP contribution in [0.1, 0.15) is 21.6 Å². The highest BCUT2D eigenvalue weighted by molar-refractivity contribution is 9.10. The van der Waals surface area contributed by atoms with Crippen LogP contribution in [0.5, 0.6) is 11.5 Å². The first-order valence-electron chi connectivity index (χ1n) is 7.76. The third-order valence-corrected chi connectivity index (χ3v) is 4.77. The molecule has 26 heavy (non-hydrogen) atoms. The maximum absolute atomic E-state index is 13.0. The molecule has 5 nitrogen and oxygen atoms in total. The summed E-state index contributed by atoms with van der Waals surface area (Å²) in [4.78, 5) is 16.1. The summed E-state index contributed by atoms with van der Waals surface area (Å²) in [5, 5.41) is 20.3. The van der Waals surface area contributed by atoms with E-state index in [1.807, 2.05) is 30.3 Å². The molecular formula is C20H15BrN2O3. The van der Waals surface area contributed by atoms with E-state index in [1.54, 1.807) is 13.0 Å². The van der Waals surface area contributed by atoms with Gasteiger partial charge >= 0.3 is 0 Å². The molecule has 0 saturated heterocycles. The zero-order chi connectivity index (χ0) is 18.8. The Kier molecular flexibility index (Phi) is 4.83. The Balaban J connectivity index is 2.10. The maximum atomic E-state index is 13.0. The van der Waals surface area contributed by atoms with E-state index in [0.717, 1.165) is 10.9 Å². The van der Waals surface area contributed by atoms with Crippen LogP contribution in [0.3, 0.4) is 0 Å². The molecule has 0 unspecified atom stereocenters. The average Bonchev–Trinajstić information content (AvgIpc) is 2.97. The average molecular weight is 411 g/mol. The van der Waals surface area contributed by atoms with Crippen LogP contribution in [0.25, 0.3) is 17.0 Å². The van der Waals surface area contributed by atoms with Gasteiger partial charge in [-0.25, -0.2) is 0 Å². The number of fused-ring (bicyclic) bond motifs is 1. The molecule has 0 saturated carbocycles. The van der Waals surface area contributed by atoms with Crippen LogP contribution in [0.15, 0.2) is 46.4 Å². The molecule has 2 aromatic carbocycles. The fourth-order valence-electron chi connectivity index (χ4n) is 2.84. The predicted molar refractivity (Wildman–Crippen MR) is 103 cm³/mol. The lowest BCUT2D eigenvalue weighted by molar-refractivity contribution is 0.104. The van der Waals surface area contributed by atoms with Gasteiger partial charge in [0.05, 0.1) is 12.7 Å². The number of benzene rings is 2. The van der Waals surface area contributed by atoms with Gasteiger partial charge in [-0.05, 0) is 36.8 Å². The number of phenols is 1. The number of ether oxygens (including phenoxy) is 1. The standard InChI is InChI=1S/C20H15BrN2O3/c1-11-19(14-5-3-4-6-16(14)23-11)20(25)13(10-22)7-12-8-17(24)18(26-2)9-15(12)21/h3-9,23-24H,1-2H3. The van der Waals surface area contributed by atoms with Crippen LogP contribution >= 0.6 is 15.9 Å². The van der Waals surface area contributed by atoms with E-state index in [0.29, 0.717) is 27.0 Å². The van der Waals surface area contributed by atoms with Crippen molar-refractivity contribution in [3.8, 4) is 17.6 Å². The summed E-state index contributed by atoms with van der Waals surface area (Å²) in [5.74, 6) is -0.147. The van der Waals surface area contributed by atoms with Crippen LogP contribution in [0.4, 0.5) is 0 Å². The molecule has 3 aromatic rings. The fraction of sp³-hybridized carbons (Fsp3) is 0.100. The van der Waals surface area contributed by atoms with Crippen molar-refractivity contribution in [3.63, 3.8) is 0 Å². The lowest BCUT2D eigenvalue weighted by Gasteiger charge is -2.07. The van der Waals surface area contributed by atoms with Crippen molar-refractivity contribution in [2.75, 3.05) is 7.11 Å². The van der Waals surface area contributed by atoms with Gasteiger partial charge in [0.15, 0.2) is 11.5 Å². The number of ketones is 1. The number of carbonyl (C=O) groups is 1. The zero-order valence-corrected chi connectivity index (χ0v) is 15.7. The van der Waals surface area contributed by atoms with E-state index in [1.165, 1.54) is 19.3 Å². The number of nitrogens with zero attached hydrogens (tertiary/aromatic N) is 1. The molecule has 2 N–H and O–H groups in total. The number of allylic oxidation sites excluding steroid dienone is 1. The zero-order valence-electron chi connectivity index (χ0n) is 14.1. The minimum atomic E-state index is -0.371. The van der Waals surface area contributed by atoms with E-state index in [9.17, 15) is 15.2 Å². The summed E-state index contributed by atoms with van der Waals surface area (Å²) in [7, 11) is 1.45. The smallest absolute Gasteiger partial charge is 0.205 e. The number of aromatic amines is 1. The Bertz CT molecular complexity index is 1090. The first-order chi connectivity index (χ1) is 12.5. The number of H-pyrrole nitrogens is 1. The van der Waals surface area contributed by atoms with Gasteiger partial charge in [0.2, 0.25) is 5.78 Å². The first kappa shape index (κ1) is 17.8. The molecule has 130 valence electrons. The molecule has 0 amide bonds. The number of rotatable bonds is 4. The Morgan fingerprint density at radius 2 is 2.08 bits per heavy atom. The molecule has 0 aliphatic heterocycles. The second-order valence-corrected chi connectivity index (χ2v) is 6.57. The number of methoxy groups -OCH3 is 1. The van der Waals surface area contributed by atoms with Gasteiger partial charge in [0.1, 0.15) is 11.6 Å². The van der Waals surface area contributed by atoms with Gasteiger partial charge in [-0.3, -0.25) is 4.79 Å².